The number of ether oxygens (including phenoxy) is 1. The van der Waals surface area contributed by atoms with Crippen molar-refractivity contribution in [2.75, 3.05) is 11.8 Å². The van der Waals surface area contributed by atoms with Crippen molar-refractivity contribution in [3.8, 4) is 5.75 Å². The zero-order chi connectivity index (χ0) is 16.5. The van der Waals surface area contributed by atoms with Gasteiger partial charge in [0.05, 0.1) is 7.11 Å². The van der Waals surface area contributed by atoms with E-state index in [0.717, 1.165) is 0 Å². The van der Waals surface area contributed by atoms with Crippen molar-refractivity contribution < 1.29 is 26.3 Å². The van der Waals surface area contributed by atoms with Gasteiger partial charge in [0.25, 0.3) is 10.0 Å². The van der Waals surface area contributed by atoms with Gasteiger partial charge in [-0.2, -0.15) is 13.2 Å². The Hall–Kier alpha value is -1.40. The monoisotopic (exact) mass is 417 g/mol. The van der Waals surface area contributed by atoms with Crippen molar-refractivity contribution >= 4 is 42.4 Å². The third-order valence-corrected chi connectivity index (χ3v) is 5.17. The summed E-state index contributed by atoms with van der Waals surface area (Å²) < 4.78 is 69.1. The van der Waals surface area contributed by atoms with Crippen LogP contribution in [0.4, 0.5) is 18.3 Å². The molecule has 1 aromatic heterocycles. The Morgan fingerprint density at radius 2 is 2.00 bits per heavy atom. The third-order valence-electron chi connectivity index (χ3n) is 2.30. The SMILES string of the molecule is COc1ccc(Br)cc1S(=O)(=O)Nc1nnc(C(F)(F)F)s1. The van der Waals surface area contributed by atoms with Gasteiger partial charge in [0, 0.05) is 4.47 Å². The summed E-state index contributed by atoms with van der Waals surface area (Å²) in [7, 11) is -2.90. The van der Waals surface area contributed by atoms with Crippen LogP contribution in [0.15, 0.2) is 27.6 Å². The van der Waals surface area contributed by atoms with E-state index in [2.05, 4.69) is 26.1 Å². The number of alkyl halides is 3. The Kier molecular flexibility index (Phi) is 4.63. The first kappa shape index (κ1) is 17.0. The van der Waals surface area contributed by atoms with E-state index in [4.69, 9.17) is 4.74 Å². The maximum atomic E-state index is 12.4. The molecule has 0 amide bonds. The summed E-state index contributed by atoms with van der Waals surface area (Å²) in [6.45, 7) is 0. The number of benzene rings is 1. The van der Waals surface area contributed by atoms with E-state index in [1.165, 1.54) is 19.2 Å². The van der Waals surface area contributed by atoms with Crippen LogP contribution in [0.1, 0.15) is 5.01 Å². The summed E-state index contributed by atoms with van der Waals surface area (Å²) in [5.74, 6) is 0.0382. The summed E-state index contributed by atoms with van der Waals surface area (Å²) in [5.41, 5.74) is 0. The van der Waals surface area contributed by atoms with Crippen molar-refractivity contribution in [1.82, 2.24) is 10.2 Å². The fourth-order valence-electron chi connectivity index (χ4n) is 1.41. The van der Waals surface area contributed by atoms with E-state index in [1.54, 1.807) is 6.07 Å². The number of aromatic nitrogens is 2. The Morgan fingerprint density at radius 3 is 2.55 bits per heavy atom. The summed E-state index contributed by atoms with van der Waals surface area (Å²) >= 11 is 3.20. The van der Waals surface area contributed by atoms with E-state index >= 15 is 0 Å². The molecule has 120 valence electrons. The molecule has 0 radical (unpaired) electrons. The zero-order valence-corrected chi connectivity index (χ0v) is 13.9. The molecule has 12 heteroatoms. The molecule has 22 heavy (non-hydrogen) atoms. The van der Waals surface area contributed by atoms with Crippen molar-refractivity contribution in [3.63, 3.8) is 0 Å². The van der Waals surface area contributed by atoms with Crippen molar-refractivity contribution in [1.29, 1.82) is 0 Å². The van der Waals surface area contributed by atoms with E-state index in [9.17, 15) is 21.6 Å². The van der Waals surface area contributed by atoms with E-state index in [0.29, 0.717) is 4.47 Å². The second-order valence-corrected chi connectivity index (χ2v) is 7.35. The molecule has 2 rings (SSSR count). The highest BCUT2D eigenvalue weighted by Crippen LogP contribution is 2.34. The van der Waals surface area contributed by atoms with E-state index in [-0.39, 0.29) is 22.0 Å². The number of methoxy groups -OCH3 is 1. The number of halogens is 4. The van der Waals surface area contributed by atoms with E-state index < -0.39 is 26.3 Å². The second-order valence-electron chi connectivity index (χ2n) is 3.81. The lowest BCUT2D eigenvalue weighted by atomic mass is 10.3. The number of hydrogen-bond donors (Lipinski definition) is 1. The highest BCUT2D eigenvalue weighted by molar-refractivity contribution is 9.10. The van der Waals surface area contributed by atoms with Crippen LogP contribution >= 0.6 is 27.3 Å². The molecule has 1 heterocycles. The third kappa shape index (κ3) is 3.67. The minimum atomic E-state index is -4.69. The number of nitrogens with zero attached hydrogens (tertiary/aromatic N) is 2. The quantitative estimate of drug-likeness (QED) is 0.826. The summed E-state index contributed by atoms with van der Waals surface area (Å²) in [4.78, 5) is -0.242. The van der Waals surface area contributed by atoms with Crippen LogP contribution in [0.25, 0.3) is 0 Å². The standard InChI is InChI=1S/C10H7BrF3N3O3S2/c1-20-6-3-2-5(11)4-7(6)22(18,19)17-9-16-15-8(21-9)10(12,13)14/h2-4H,1H3,(H,16,17). The lowest BCUT2D eigenvalue weighted by Gasteiger charge is -2.10. The molecule has 1 N–H and O–H groups in total. The van der Waals surface area contributed by atoms with Crippen LogP contribution in [-0.4, -0.2) is 25.7 Å². The van der Waals surface area contributed by atoms with Crippen LogP contribution in [-0.2, 0) is 16.2 Å². The van der Waals surface area contributed by atoms with Gasteiger partial charge in [0.2, 0.25) is 10.1 Å². The topological polar surface area (TPSA) is 81.2 Å². The highest BCUT2D eigenvalue weighted by atomic mass is 79.9. The molecule has 0 unspecified atom stereocenters. The Bertz CT molecular complexity index is 792. The van der Waals surface area contributed by atoms with E-state index in [1.807, 2.05) is 4.72 Å². The van der Waals surface area contributed by atoms with Gasteiger partial charge in [-0.05, 0) is 18.2 Å². The van der Waals surface area contributed by atoms with Gasteiger partial charge < -0.3 is 4.74 Å². The molecule has 0 atom stereocenters. The average molecular weight is 418 g/mol. The molecule has 0 bridgehead atoms. The molecule has 0 spiro atoms. The zero-order valence-electron chi connectivity index (χ0n) is 10.7. The van der Waals surface area contributed by atoms with Crippen molar-refractivity contribution in [2.24, 2.45) is 0 Å². The lowest BCUT2D eigenvalue weighted by molar-refractivity contribution is -0.138. The second kappa shape index (κ2) is 6.01. The summed E-state index contributed by atoms with van der Waals surface area (Å²) in [6, 6.07) is 4.22. The van der Waals surface area contributed by atoms with Crippen LogP contribution in [0.2, 0.25) is 0 Å². The predicted octanol–water partition coefficient (Wildman–Crippen LogP) is 3.13. The lowest BCUT2D eigenvalue weighted by Crippen LogP contribution is -2.14. The summed E-state index contributed by atoms with van der Waals surface area (Å²) in [5, 5.41) is 4.34. The Labute approximate surface area is 135 Å². The number of hydrogen-bond acceptors (Lipinski definition) is 6. The molecule has 0 aliphatic rings. The average Bonchev–Trinajstić information content (AvgIpc) is 2.86. The van der Waals surface area contributed by atoms with Gasteiger partial charge in [0.15, 0.2) is 0 Å². The normalized spacial score (nSPS) is 12.2. The molecule has 0 saturated heterocycles. The number of rotatable bonds is 4. The van der Waals surface area contributed by atoms with Crippen LogP contribution < -0.4 is 9.46 Å². The molecule has 2 aromatic rings. The largest absolute Gasteiger partial charge is 0.495 e. The summed E-state index contributed by atoms with van der Waals surface area (Å²) in [6.07, 6.45) is -4.69. The molecule has 1 aromatic carbocycles. The first-order chi connectivity index (χ1) is 10.1. The van der Waals surface area contributed by atoms with Crippen LogP contribution in [0.3, 0.4) is 0 Å². The van der Waals surface area contributed by atoms with Gasteiger partial charge in [-0.25, -0.2) is 8.42 Å². The fraction of sp³-hybridized carbons (Fsp3) is 0.200. The smallest absolute Gasteiger partial charge is 0.445 e. The maximum Gasteiger partial charge on any atom is 0.445 e. The van der Waals surface area contributed by atoms with Crippen LogP contribution in [0, 0.1) is 0 Å². The maximum absolute atomic E-state index is 12.4. The Balaban J connectivity index is 2.36. The molecule has 0 aliphatic carbocycles. The van der Waals surface area contributed by atoms with Gasteiger partial charge >= 0.3 is 6.18 Å². The molecule has 0 saturated carbocycles. The Morgan fingerprint density at radius 1 is 1.32 bits per heavy atom. The fourth-order valence-corrected chi connectivity index (χ4v) is 3.96. The van der Waals surface area contributed by atoms with Gasteiger partial charge in [0.1, 0.15) is 10.6 Å². The van der Waals surface area contributed by atoms with Crippen molar-refractivity contribution in [3.05, 3.63) is 27.7 Å². The molecule has 0 fully saturated rings. The first-order valence-corrected chi connectivity index (χ1v) is 8.50. The molecule has 6 nitrogen and oxygen atoms in total. The minimum absolute atomic E-state index is 0.0382. The molecular weight excluding hydrogens is 411 g/mol. The van der Waals surface area contributed by atoms with Crippen molar-refractivity contribution in [2.45, 2.75) is 11.1 Å². The predicted molar refractivity (Wildman–Crippen MR) is 76.4 cm³/mol. The number of nitrogens with one attached hydrogen (secondary N) is 1. The number of anilines is 1. The minimum Gasteiger partial charge on any atom is -0.495 e. The van der Waals surface area contributed by atoms with Gasteiger partial charge in [-0.3, -0.25) is 4.72 Å². The molecule has 0 aliphatic heterocycles. The van der Waals surface area contributed by atoms with Crippen LogP contribution in [0.5, 0.6) is 5.75 Å². The molecular formula is C10H7BrF3N3O3S2. The first-order valence-electron chi connectivity index (χ1n) is 5.40. The number of sulfonamides is 1. The van der Waals surface area contributed by atoms with Gasteiger partial charge in [-0.15, -0.1) is 10.2 Å². The van der Waals surface area contributed by atoms with Gasteiger partial charge in [-0.1, -0.05) is 27.3 Å². The highest BCUT2D eigenvalue weighted by Gasteiger charge is 2.36.